The molecule has 1 fully saturated rings. The molecule has 0 spiro atoms. The number of anilines is 1. The molecule has 1 aliphatic rings. The third-order valence-corrected chi connectivity index (χ3v) is 4.75. The summed E-state index contributed by atoms with van der Waals surface area (Å²) in [5.41, 5.74) is 0.445. The highest BCUT2D eigenvalue weighted by atomic mass is 16.6. The fourth-order valence-corrected chi connectivity index (χ4v) is 3.18. The smallest absolute Gasteiger partial charge is 0.270 e. The van der Waals surface area contributed by atoms with Crippen LogP contribution in [0.3, 0.4) is 0 Å². The van der Waals surface area contributed by atoms with E-state index in [0.29, 0.717) is 24.3 Å². The zero-order valence-corrected chi connectivity index (χ0v) is 16.4. The molecule has 1 unspecified atom stereocenters. The Labute approximate surface area is 159 Å². The molecule has 1 aliphatic heterocycles. The summed E-state index contributed by atoms with van der Waals surface area (Å²) < 4.78 is 0. The van der Waals surface area contributed by atoms with Crippen LogP contribution in [0.2, 0.25) is 0 Å². The molecular formula is C19H28N4O4. The SMILES string of the molecule is CNC(=O)c1cc([N+](=O)[O-])ccc1N1CCCC(CNC(=O)C(C)(C)C)C1. The largest absolute Gasteiger partial charge is 0.371 e. The number of nitro benzene ring substituents is 1. The molecular weight excluding hydrogens is 348 g/mol. The van der Waals surface area contributed by atoms with Crippen molar-refractivity contribution in [3.8, 4) is 0 Å². The summed E-state index contributed by atoms with van der Waals surface area (Å²) in [7, 11) is 1.51. The first kappa shape index (κ1) is 20.7. The van der Waals surface area contributed by atoms with Gasteiger partial charge >= 0.3 is 0 Å². The average molecular weight is 376 g/mol. The molecule has 2 amide bonds. The monoisotopic (exact) mass is 376 g/mol. The minimum Gasteiger partial charge on any atom is -0.371 e. The molecule has 0 aromatic heterocycles. The standard InChI is InChI=1S/C19H28N4O4/c1-19(2,3)18(25)21-11-13-6-5-9-22(12-13)16-8-7-14(23(26)27)10-15(16)17(24)20-4/h7-8,10,13H,5-6,9,11-12H2,1-4H3,(H,20,24)(H,21,25). The van der Waals surface area contributed by atoms with Crippen LogP contribution in [-0.4, -0.2) is 43.4 Å². The third kappa shape index (κ3) is 5.18. The van der Waals surface area contributed by atoms with Gasteiger partial charge in [-0.15, -0.1) is 0 Å². The second-order valence-corrected chi connectivity index (χ2v) is 7.95. The number of nitrogens with one attached hydrogen (secondary N) is 2. The highest BCUT2D eigenvalue weighted by molar-refractivity contribution is 6.00. The van der Waals surface area contributed by atoms with Crippen molar-refractivity contribution >= 4 is 23.2 Å². The molecule has 2 rings (SSSR count). The van der Waals surface area contributed by atoms with Gasteiger partial charge in [0.25, 0.3) is 11.6 Å². The minimum atomic E-state index is -0.503. The van der Waals surface area contributed by atoms with Gasteiger partial charge in [0.2, 0.25) is 5.91 Å². The first-order chi connectivity index (χ1) is 12.6. The van der Waals surface area contributed by atoms with E-state index in [2.05, 4.69) is 15.5 Å². The zero-order valence-electron chi connectivity index (χ0n) is 16.4. The van der Waals surface area contributed by atoms with Crippen LogP contribution in [0, 0.1) is 21.4 Å². The number of benzene rings is 1. The van der Waals surface area contributed by atoms with Crippen molar-refractivity contribution in [3.63, 3.8) is 0 Å². The Bertz CT molecular complexity index is 727. The van der Waals surface area contributed by atoms with E-state index in [1.165, 1.54) is 19.2 Å². The predicted molar refractivity (Wildman–Crippen MR) is 104 cm³/mol. The Morgan fingerprint density at radius 3 is 2.63 bits per heavy atom. The molecule has 0 bridgehead atoms. The lowest BCUT2D eigenvalue weighted by molar-refractivity contribution is -0.384. The van der Waals surface area contributed by atoms with Gasteiger partial charge in [0.05, 0.1) is 16.2 Å². The molecule has 0 aliphatic carbocycles. The van der Waals surface area contributed by atoms with Crippen molar-refractivity contribution in [1.82, 2.24) is 10.6 Å². The lowest BCUT2D eigenvalue weighted by Crippen LogP contribution is -2.44. The Morgan fingerprint density at radius 2 is 2.04 bits per heavy atom. The average Bonchev–Trinajstić information content (AvgIpc) is 2.64. The van der Waals surface area contributed by atoms with E-state index < -0.39 is 10.3 Å². The molecule has 148 valence electrons. The first-order valence-corrected chi connectivity index (χ1v) is 9.17. The summed E-state index contributed by atoms with van der Waals surface area (Å²) in [6.07, 6.45) is 1.92. The van der Waals surface area contributed by atoms with Crippen LogP contribution in [0.15, 0.2) is 18.2 Å². The van der Waals surface area contributed by atoms with E-state index in [0.717, 1.165) is 19.4 Å². The Morgan fingerprint density at radius 1 is 1.33 bits per heavy atom. The molecule has 1 atom stereocenters. The molecule has 1 heterocycles. The van der Waals surface area contributed by atoms with Crippen molar-refractivity contribution in [1.29, 1.82) is 0 Å². The summed E-state index contributed by atoms with van der Waals surface area (Å²) in [4.78, 5) is 37.0. The van der Waals surface area contributed by atoms with E-state index in [-0.39, 0.29) is 23.4 Å². The van der Waals surface area contributed by atoms with Gasteiger partial charge in [0.15, 0.2) is 0 Å². The fraction of sp³-hybridized carbons (Fsp3) is 0.579. The molecule has 1 aromatic carbocycles. The van der Waals surface area contributed by atoms with Gasteiger partial charge in [0.1, 0.15) is 0 Å². The number of carbonyl (C=O) groups is 2. The summed E-state index contributed by atoms with van der Waals surface area (Å²) in [5.74, 6) is -0.0735. The number of amides is 2. The maximum Gasteiger partial charge on any atom is 0.270 e. The molecule has 8 heteroatoms. The zero-order chi connectivity index (χ0) is 20.2. The number of non-ortho nitro benzene ring substituents is 1. The van der Waals surface area contributed by atoms with Crippen LogP contribution >= 0.6 is 0 Å². The molecule has 0 radical (unpaired) electrons. The van der Waals surface area contributed by atoms with E-state index in [9.17, 15) is 19.7 Å². The van der Waals surface area contributed by atoms with Crippen molar-refractivity contribution in [2.24, 2.45) is 11.3 Å². The molecule has 1 saturated heterocycles. The molecule has 27 heavy (non-hydrogen) atoms. The quantitative estimate of drug-likeness (QED) is 0.606. The lowest BCUT2D eigenvalue weighted by Gasteiger charge is -2.35. The Kier molecular flexibility index (Phi) is 6.41. The number of nitro groups is 1. The maximum absolute atomic E-state index is 12.2. The number of carbonyl (C=O) groups excluding carboxylic acids is 2. The van der Waals surface area contributed by atoms with Gasteiger partial charge in [-0.05, 0) is 24.8 Å². The molecule has 8 nitrogen and oxygen atoms in total. The molecule has 0 saturated carbocycles. The van der Waals surface area contributed by atoms with E-state index in [1.807, 2.05) is 20.8 Å². The normalized spacial score (nSPS) is 17.3. The number of hydrogen-bond acceptors (Lipinski definition) is 5. The predicted octanol–water partition coefficient (Wildman–Crippen LogP) is 2.33. The number of rotatable bonds is 5. The maximum atomic E-state index is 12.2. The van der Waals surface area contributed by atoms with E-state index in [1.54, 1.807) is 6.07 Å². The van der Waals surface area contributed by atoms with Crippen LogP contribution in [0.5, 0.6) is 0 Å². The minimum absolute atomic E-state index is 0.0148. The van der Waals surface area contributed by atoms with Crippen LogP contribution < -0.4 is 15.5 Å². The number of hydrogen-bond donors (Lipinski definition) is 2. The summed E-state index contributed by atoms with van der Waals surface area (Å²) >= 11 is 0. The second-order valence-electron chi connectivity index (χ2n) is 7.95. The number of nitrogens with zero attached hydrogens (tertiary/aromatic N) is 2. The fourth-order valence-electron chi connectivity index (χ4n) is 3.18. The van der Waals surface area contributed by atoms with Gasteiger partial charge in [-0.2, -0.15) is 0 Å². The summed E-state index contributed by atoms with van der Waals surface area (Å²) in [6.45, 7) is 7.67. The topological polar surface area (TPSA) is 105 Å². The molecule has 2 N–H and O–H groups in total. The Balaban J connectivity index is 2.16. The van der Waals surface area contributed by atoms with Crippen LogP contribution in [0.25, 0.3) is 0 Å². The van der Waals surface area contributed by atoms with Gasteiger partial charge in [0, 0.05) is 44.2 Å². The van der Waals surface area contributed by atoms with Crippen LogP contribution in [-0.2, 0) is 4.79 Å². The highest BCUT2D eigenvalue weighted by Gasteiger charge is 2.27. The van der Waals surface area contributed by atoms with Crippen LogP contribution in [0.1, 0.15) is 44.0 Å². The third-order valence-electron chi connectivity index (χ3n) is 4.75. The first-order valence-electron chi connectivity index (χ1n) is 9.17. The van der Waals surface area contributed by atoms with E-state index in [4.69, 9.17) is 0 Å². The summed E-state index contributed by atoms with van der Waals surface area (Å²) in [5, 5.41) is 16.6. The number of piperidine rings is 1. The van der Waals surface area contributed by atoms with Crippen molar-refractivity contribution in [3.05, 3.63) is 33.9 Å². The highest BCUT2D eigenvalue weighted by Crippen LogP contribution is 2.29. The second kappa shape index (κ2) is 8.37. The van der Waals surface area contributed by atoms with Crippen molar-refractivity contribution in [2.75, 3.05) is 31.6 Å². The lowest BCUT2D eigenvalue weighted by atomic mass is 9.93. The van der Waals surface area contributed by atoms with E-state index >= 15 is 0 Å². The van der Waals surface area contributed by atoms with Gasteiger partial charge in [-0.3, -0.25) is 19.7 Å². The van der Waals surface area contributed by atoms with Crippen LogP contribution in [0.4, 0.5) is 11.4 Å². The Hall–Kier alpha value is -2.64. The van der Waals surface area contributed by atoms with Crippen molar-refractivity contribution in [2.45, 2.75) is 33.6 Å². The van der Waals surface area contributed by atoms with Gasteiger partial charge in [-0.25, -0.2) is 0 Å². The summed E-state index contributed by atoms with van der Waals surface area (Å²) in [6, 6.07) is 4.38. The van der Waals surface area contributed by atoms with Gasteiger partial charge < -0.3 is 15.5 Å². The van der Waals surface area contributed by atoms with Gasteiger partial charge in [-0.1, -0.05) is 20.8 Å². The molecule has 1 aromatic rings. The van der Waals surface area contributed by atoms with Crippen molar-refractivity contribution < 1.29 is 14.5 Å².